The van der Waals surface area contributed by atoms with Gasteiger partial charge in [0.1, 0.15) is 5.75 Å². The van der Waals surface area contributed by atoms with Crippen molar-refractivity contribution in [3.63, 3.8) is 0 Å². The lowest BCUT2D eigenvalue weighted by Crippen LogP contribution is -2.30. The summed E-state index contributed by atoms with van der Waals surface area (Å²) in [6, 6.07) is 4.60. The quantitative estimate of drug-likeness (QED) is 0.610. The second-order valence-corrected chi connectivity index (χ2v) is 5.43. The molecule has 5 nitrogen and oxygen atoms in total. The van der Waals surface area contributed by atoms with E-state index in [0.717, 1.165) is 5.56 Å². The second kappa shape index (κ2) is 4.82. The molecular weight excluding hydrogens is 228 g/mol. The van der Waals surface area contributed by atoms with Crippen LogP contribution in [-0.2, 0) is 10.0 Å². The Morgan fingerprint density at radius 3 is 2.44 bits per heavy atom. The zero-order valence-electron chi connectivity index (χ0n) is 9.52. The van der Waals surface area contributed by atoms with Crippen LogP contribution in [-0.4, -0.2) is 14.5 Å². The molecule has 0 saturated heterocycles. The molecule has 0 radical (unpaired) electrons. The van der Waals surface area contributed by atoms with Crippen LogP contribution in [0.5, 0.6) is 5.75 Å². The third-order valence-electron chi connectivity index (χ3n) is 1.97. The van der Waals surface area contributed by atoms with Crippen LogP contribution in [0.3, 0.4) is 0 Å². The van der Waals surface area contributed by atoms with Gasteiger partial charge < -0.3 is 4.74 Å². The summed E-state index contributed by atoms with van der Waals surface area (Å²) < 4.78 is 28.3. The molecule has 16 heavy (non-hydrogen) atoms. The Bertz CT molecular complexity index is 469. The molecule has 1 aromatic carbocycles. The fourth-order valence-corrected chi connectivity index (χ4v) is 1.96. The molecule has 0 aromatic heterocycles. The minimum Gasteiger partial charge on any atom is -0.491 e. The number of sulfonamides is 1. The first-order chi connectivity index (χ1) is 7.36. The van der Waals surface area contributed by atoms with Crippen LogP contribution in [0.4, 0.5) is 0 Å². The second-order valence-electron chi connectivity index (χ2n) is 3.72. The molecule has 1 aromatic rings. The number of ether oxygens (including phenoxy) is 1. The topological polar surface area (TPSA) is 81.4 Å². The first-order valence-corrected chi connectivity index (χ1v) is 6.35. The third-order valence-corrected chi connectivity index (χ3v) is 3.16. The summed E-state index contributed by atoms with van der Waals surface area (Å²) in [6.45, 7) is 5.60. The average molecular weight is 244 g/mol. The Morgan fingerprint density at radius 1 is 1.38 bits per heavy atom. The molecule has 90 valence electrons. The summed E-state index contributed by atoms with van der Waals surface area (Å²) in [5, 5.41) is 0. The van der Waals surface area contributed by atoms with Gasteiger partial charge in [0.05, 0.1) is 11.0 Å². The minimum atomic E-state index is -3.59. The highest BCUT2D eigenvalue weighted by atomic mass is 32.2. The molecule has 0 heterocycles. The van der Waals surface area contributed by atoms with Crippen LogP contribution in [0.15, 0.2) is 23.1 Å². The zero-order chi connectivity index (χ0) is 12.3. The van der Waals surface area contributed by atoms with Crippen molar-refractivity contribution in [3.05, 3.63) is 23.8 Å². The zero-order valence-corrected chi connectivity index (χ0v) is 10.3. The Labute approximate surface area is 95.6 Å². The lowest BCUT2D eigenvalue weighted by molar-refractivity contribution is 0.240. The van der Waals surface area contributed by atoms with Crippen molar-refractivity contribution in [2.45, 2.75) is 31.8 Å². The molecule has 6 heteroatoms. The van der Waals surface area contributed by atoms with Gasteiger partial charge in [-0.2, -0.15) is 4.83 Å². The van der Waals surface area contributed by atoms with E-state index in [1.165, 1.54) is 12.1 Å². The fraction of sp³-hybridized carbons (Fsp3) is 0.400. The number of benzene rings is 1. The van der Waals surface area contributed by atoms with Crippen LogP contribution in [0.1, 0.15) is 19.4 Å². The molecular formula is C10H16N2O3S. The molecule has 0 aliphatic heterocycles. The van der Waals surface area contributed by atoms with E-state index >= 15 is 0 Å². The highest BCUT2D eigenvalue weighted by Gasteiger charge is 2.13. The average Bonchev–Trinajstić information content (AvgIpc) is 2.20. The first kappa shape index (κ1) is 13.0. The van der Waals surface area contributed by atoms with Gasteiger partial charge in [0.2, 0.25) is 0 Å². The maximum absolute atomic E-state index is 11.4. The number of hydrogen-bond donors (Lipinski definition) is 2. The van der Waals surface area contributed by atoms with Crippen molar-refractivity contribution in [2.75, 3.05) is 0 Å². The van der Waals surface area contributed by atoms with Crippen LogP contribution < -0.4 is 15.4 Å². The van der Waals surface area contributed by atoms with Gasteiger partial charge in [0.25, 0.3) is 10.0 Å². The van der Waals surface area contributed by atoms with Gasteiger partial charge in [-0.1, -0.05) is 0 Å². The van der Waals surface area contributed by atoms with Gasteiger partial charge in [-0.15, -0.1) is 0 Å². The van der Waals surface area contributed by atoms with E-state index in [9.17, 15) is 8.42 Å². The van der Waals surface area contributed by atoms with E-state index in [2.05, 4.69) is 0 Å². The summed E-state index contributed by atoms with van der Waals surface area (Å²) in [4.78, 5) is 1.90. The number of rotatable bonds is 4. The number of hydrogen-bond acceptors (Lipinski definition) is 4. The van der Waals surface area contributed by atoms with Gasteiger partial charge in [0, 0.05) is 0 Å². The molecule has 0 spiro atoms. The maximum Gasteiger partial charge on any atom is 0.253 e. The predicted octanol–water partition coefficient (Wildman–Crippen LogP) is 0.934. The summed E-state index contributed by atoms with van der Waals surface area (Å²) in [5.41, 5.74) is 0.755. The number of nitrogens with two attached hydrogens (primary N) is 1. The number of hydrazine groups is 1. The minimum absolute atomic E-state index is 0.0498. The van der Waals surface area contributed by atoms with Crippen molar-refractivity contribution in [1.82, 2.24) is 4.83 Å². The standard InChI is InChI=1S/C10H16N2O3S/c1-7(2)15-10-5-4-9(6-8(10)3)16(13,14)12-11/h4-7,12H,11H2,1-3H3. The molecule has 0 unspecified atom stereocenters. The summed E-state index contributed by atoms with van der Waals surface area (Å²) in [7, 11) is -3.59. The lowest BCUT2D eigenvalue weighted by Gasteiger charge is -2.13. The molecule has 0 atom stereocenters. The molecule has 0 saturated carbocycles. The molecule has 1 rings (SSSR count). The normalized spacial score (nSPS) is 11.8. The van der Waals surface area contributed by atoms with Gasteiger partial charge in [0.15, 0.2) is 0 Å². The van der Waals surface area contributed by atoms with Crippen molar-refractivity contribution in [1.29, 1.82) is 0 Å². The molecule has 0 aliphatic carbocycles. The van der Waals surface area contributed by atoms with E-state index in [0.29, 0.717) is 5.75 Å². The number of aryl methyl sites for hydroxylation is 1. The van der Waals surface area contributed by atoms with Gasteiger partial charge in [-0.25, -0.2) is 8.42 Å². The lowest BCUT2D eigenvalue weighted by atomic mass is 10.2. The summed E-state index contributed by atoms with van der Waals surface area (Å²) in [5.74, 6) is 5.61. The van der Waals surface area contributed by atoms with Crippen molar-refractivity contribution >= 4 is 10.0 Å². The van der Waals surface area contributed by atoms with Gasteiger partial charge >= 0.3 is 0 Å². The molecule has 0 fully saturated rings. The Morgan fingerprint density at radius 2 is 2.00 bits per heavy atom. The molecule has 3 N–H and O–H groups in total. The Hall–Kier alpha value is -1.11. The van der Waals surface area contributed by atoms with Crippen LogP contribution in [0, 0.1) is 6.92 Å². The van der Waals surface area contributed by atoms with Gasteiger partial charge in [-0.3, -0.25) is 5.84 Å². The number of nitrogens with one attached hydrogen (secondary N) is 1. The van der Waals surface area contributed by atoms with E-state index < -0.39 is 10.0 Å². The summed E-state index contributed by atoms with van der Waals surface area (Å²) in [6.07, 6.45) is 0.0498. The van der Waals surface area contributed by atoms with E-state index in [-0.39, 0.29) is 11.0 Å². The highest BCUT2D eigenvalue weighted by molar-refractivity contribution is 7.89. The Balaban J connectivity index is 3.09. The van der Waals surface area contributed by atoms with Crippen LogP contribution in [0.25, 0.3) is 0 Å². The van der Waals surface area contributed by atoms with E-state index in [1.54, 1.807) is 17.8 Å². The smallest absolute Gasteiger partial charge is 0.253 e. The van der Waals surface area contributed by atoms with Crippen LogP contribution in [0.2, 0.25) is 0 Å². The van der Waals surface area contributed by atoms with Crippen molar-refractivity contribution < 1.29 is 13.2 Å². The fourth-order valence-electron chi connectivity index (χ4n) is 1.24. The van der Waals surface area contributed by atoms with E-state index in [4.69, 9.17) is 10.6 Å². The molecule has 0 amide bonds. The first-order valence-electron chi connectivity index (χ1n) is 4.86. The monoisotopic (exact) mass is 244 g/mol. The predicted molar refractivity (Wildman–Crippen MR) is 61.5 cm³/mol. The molecule has 0 aliphatic rings. The largest absolute Gasteiger partial charge is 0.491 e. The van der Waals surface area contributed by atoms with Gasteiger partial charge in [-0.05, 0) is 44.5 Å². The van der Waals surface area contributed by atoms with Crippen molar-refractivity contribution in [3.8, 4) is 5.75 Å². The van der Waals surface area contributed by atoms with E-state index in [1.807, 2.05) is 13.8 Å². The summed E-state index contributed by atoms with van der Waals surface area (Å²) >= 11 is 0. The van der Waals surface area contributed by atoms with Crippen LogP contribution >= 0.6 is 0 Å². The highest BCUT2D eigenvalue weighted by Crippen LogP contribution is 2.22. The molecule has 0 bridgehead atoms. The Kier molecular flexibility index (Phi) is 3.90. The maximum atomic E-state index is 11.4. The third kappa shape index (κ3) is 2.94. The van der Waals surface area contributed by atoms with Crippen molar-refractivity contribution in [2.24, 2.45) is 5.84 Å². The SMILES string of the molecule is Cc1cc(S(=O)(=O)NN)ccc1OC(C)C.